The van der Waals surface area contributed by atoms with Gasteiger partial charge in [0.2, 0.25) is 0 Å². The lowest BCUT2D eigenvalue weighted by Crippen LogP contribution is -2.28. The molecule has 4 rings (SSSR count). The second kappa shape index (κ2) is 7.75. The van der Waals surface area contributed by atoms with Gasteiger partial charge in [0.15, 0.2) is 0 Å². The zero-order valence-electron chi connectivity index (χ0n) is 16.2. The average molecular weight is 421 g/mol. The standard InChI is InChI=1S/C21H15N3O7/c1-30-18-10-13(24(28)29)5-7-17(18)22-19(25)12-4-6-15-16(9-12)21(27)23(20(15)26)11-14-3-2-8-31-14/h2-10H,11H2,1H3,(H,22,25). The molecule has 0 fully saturated rings. The number of hydrogen-bond acceptors (Lipinski definition) is 7. The summed E-state index contributed by atoms with van der Waals surface area (Å²) in [6, 6.07) is 11.3. The number of rotatable bonds is 6. The minimum absolute atomic E-state index is 0.0130. The predicted molar refractivity (Wildman–Crippen MR) is 107 cm³/mol. The van der Waals surface area contributed by atoms with Gasteiger partial charge in [0.1, 0.15) is 11.5 Å². The highest BCUT2D eigenvalue weighted by molar-refractivity contribution is 6.22. The molecule has 0 radical (unpaired) electrons. The van der Waals surface area contributed by atoms with Crippen LogP contribution in [0.4, 0.5) is 11.4 Å². The summed E-state index contributed by atoms with van der Waals surface area (Å²) in [5.41, 5.74) is 0.481. The summed E-state index contributed by atoms with van der Waals surface area (Å²) in [6.07, 6.45) is 1.45. The Hall–Kier alpha value is -4.47. The van der Waals surface area contributed by atoms with E-state index in [1.54, 1.807) is 12.1 Å². The first-order chi connectivity index (χ1) is 14.9. The number of benzene rings is 2. The van der Waals surface area contributed by atoms with E-state index < -0.39 is 22.6 Å². The molecule has 10 nitrogen and oxygen atoms in total. The molecule has 2 heterocycles. The molecule has 156 valence electrons. The van der Waals surface area contributed by atoms with Crippen LogP contribution in [0.2, 0.25) is 0 Å². The molecule has 1 aliphatic heterocycles. The van der Waals surface area contributed by atoms with Gasteiger partial charge in [0.25, 0.3) is 23.4 Å². The number of imide groups is 1. The fourth-order valence-electron chi connectivity index (χ4n) is 3.23. The molecule has 1 aromatic heterocycles. The van der Waals surface area contributed by atoms with E-state index in [1.165, 1.54) is 49.8 Å². The van der Waals surface area contributed by atoms with Crippen molar-refractivity contribution in [3.05, 3.63) is 87.4 Å². The number of ether oxygens (including phenoxy) is 1. The highest BCUT2D eigenvalue weighted by Gasteiger charge is 2.36. The Balaban J connectivity index is 1.57. The zero-order valence-corrected chi connectivity index (χ0v) is 16.2. The van der Waals surface area contributed by atoms with E-state index >= 15 is 0 Å². The van der Waals surface area contributed by atoms with Crippen molar-refractivity contribution in [1.82, 2.24) is 4.90 Å². The van der Waals surface area contributed by atoms with E-state index in [4.69, 9.17) is 9.15 Å². The molecule has 0 unspecified atom stereocenters. The number of amides is 3. The van der Waals surface area contributed by atoms with Crippen LogP contribution in [0.1, 0.15) is 36.8 Å². The maximum atomic E-state index is 12.7. The van der Waals surface area contributed by atoms with Crippen molar-refractivity contribution in [2.45, 2.75) is 6.54 Å². The van der Waals surface area contributed by atoms with Crippen LogP contribution in [-0.2, 0) is 6.54 Å². The van der Waals surface area contributed by atoms with Gasteiger partial charge in [-0.15, -0.1) is 0 Å². The summed E-state index contributed by atoms with van der Waals surface area (Å²) >= 11 is 0. The number of fused-ring (bicyclic) bond motifs is 1. The number of hydrogen-bond donors (Lipinski definition) is 1. The van der Waals surface area contributed by atoms with E-state index in [9.17, 15) is 24.5 Å². The van der Waals surface area contributed by atoms with E-state index in [-0.39, 0.29) is 40.4 Å². The Kier molecular flexibility index (Phi) is 4.96. The molecule has 0 saturated heterocycles. The molecular weight excluding hydrogens is 406 g/mol. The predicted octanol–water partition coefficient (Wildman–Crippen LogP) is 3.24. The highest BCUT2D eigenvalue weighted by atomic mass is 16.6. The van der Waals surface area contributed by atoms with Crippen molar-refractivity contribution in [1.29, 1.82) is 0 Å². The number of nitrogens with one attached hydrogen (secondary N) is 1. The molecule has 2 aromatic carbocycles. The maximum Gasteiger partial charge on any atom is 0.273 e. The first-order valence-corrected chi connectivity index (χ1v) is 9.05. The Bertz CT molecular complexity index is 1220. The number of nitrogens with zero attached hydrogens (tertiary/aromatic N) is 2. The van der Waals surface area contributed by atoms with E-state index in [2.05, 4.69) is 5.32 Å². The fourth-order valence-corrected chi connectivity index (χ4v) is 3.23. The highest BCUT2D eigenvalue weighted by Crippen LogP contribution is 2.30. The number of non-ortho nitro benzene ring substituents is 1. The number of carbonyl (C=O) groups is 3. The zero-order chi connectivity index (χ0) is 22.1. The van der Waals surface area contributed by atoms with Crippen molar-refractivity contribution in [2.24, 2.45) is 0 Å². The van der Waals surface area contributed by atoms with Gasteiger partial charge in [0, 0.05) is 11.6 Å². The fraction of sp³-hybridized carbons (Fsp3) is 0.0952. The van der Waals surface area contributed by atoms with Crippen LogP contribution in [0.15, 0.2) is 59.2 Å². The van der Waals surface area contributed by atoms with E-state index in [0.717, 1.165) is 4.90 Å². The second-order valence-electron chi connectivity index (χ2n) is 6.63. The van der Waals surface area contributed by atoms with E-state index in [0.29, 0.717) is 5.76 Å². The molecule has 1 aliphatic rings. The average Bonchev–Trinajstić information content (AvgIpc) is 3.36. The molecule has 0 atom stereocenters. The minimum Gasteiger partial charge on any atom is -0.494 e. The third kappa shape index (κ3) is 3.62. The van der Waals surface area contributed by atoms with Crippen LogP contribution in [-0.4, -0.2) is 34.7 Å². The summed E-state index contributed by atoms with van der Waals surface area (Å²) in [5.74, 6) is -1.00. The van der Waals surface area contributed by atoms with Gasteiger partial charge < -0.3 is 14.5 Å². The molecule has 0 bridgehead atoms. The van der Waals surface area contributed by atoms with Gasteiger partial charge in [-0.3, -0.25) is 29.4 Å². The first-order valence-electron chi connectivity index (χ1n) is 9.05. The normalized spacial score (nSPS) is 12.6. The topological polar surface area (TPSA) is 132 Å². The van der Waals surface area contributed by atoms with Crippen LogP contribution in [0.3, 0.4) is 0 Å². The number of nitro benzene ring substituents is 1. The van der Waals surface area contributed by atoms with Gasteiger partial charge >= 0.3 is 0 Å². The van der Waals surface area contributed by atoms with Crippen LogP contribution in [0.5, 0.6) is 5.75 Å². The van der Waals surface area contributed by atoms with E-state index in [1.807, 2.05) is 0 Å². The number of nitro groups is 1. The summed E-state index contributed by atoms with van der Waals surface area (Å²) < 4.78 is 10.3. The molecule has 10 heteroatoms. The molecule has 3 amide bonds. The summed E-state index contributed by atoms with van der Waals surface area (Å²) in [4.78, 5) is 49.4. The molecule has 3 aromatic rings. The minimum atomic E-state index is -0.578. The van der Waals surface area contributed by atoms with Crippen LogP contribution >= 0.6 is 0 Å². The van der Waals surface area contributed by atoms with Crippen LogP contribution in [0, 0.1) is 10.1 Å². The monoisotopic (exact) mass is 421 g/mol. The molecule has 0 saturated carbocycles. The molecule has 1 N–H and O–H groups in total. The van der Waals surface area contributed by atoms with Crippen molar-refractivity contribution in [3.63, 3.8) is 0 Å². The van der Waals surface area contributed by atoms with Gasteiger partial charge in [0.05, 0.1) is 47.7 Å². The summed E-state index contributed by atoms with van der Waals surface area (Å²) in [5, 5.41) is 13.5. The third-order valence-electron chi connectivity index (χ3n) is 4.77. The van der Waals surface area contributed by atoms with Crippen molar-refractivity contribution >= 4 is 29.1 Å². The third-order valence-corrected chi connectivity index (χ3v) is 4.77. The van der Waals surface area contributed by atoms with Gasteiger partial charge in [-0.05, 0) is 36.4 Å². The number of carbonyl (C=O) groups excluding carboxylic acids is 3. The van der Waals surface area contributed by atoms with Crippen molar-refractivity contribution < 1.29 is 28.5 Å². The van der Waals surface area contributed by atoms with Gasteiger partial charge in [-0.25, -0.2) is 0 Å². The first kappa shape index (κ1) is 19.8. The Morgan fingerprint density at radius 2 is 1.90 bits per heavy atom. The molecular formula is C21H15N3O7. The van der Waals surface area contributed by atoms with Crippen molar-refractivity contribution in [2.75, 3.05) is 12.4 Å². The lowest BCUT2D eigenvalue weighted by molar-refractivity contribution is -0.384. The van der Waals surface area contributed by atoms with Crippen LogP contribution < -0.4 is 10.1 Å². The maximum absolute atomic E-state index is 12.7. The molecule has 0 aliphatic carbocycles. The Morgan fingerprint density at radius 3 is 2.58 bits per heavy atom. The lowest BCUT2D eigenvalue weighted by Gasteiger charge is -2.11. The number of anilines is 1. The lowest BCUT2D eigenvalue weighted by atomic mass is 10.1. The Labute approximate surface area is 175 Å². The largest absolute Gasteiger partial charge is 0.494 e. The SMILES string of the molecule is COc1cc([N+](=O)[O-])ccc1NC(=O)c1ccc2c(c1)C(=O)N(Cc1ccco1)C2=O. The van der Waals surface area contributed by atoms with Gasteiger partial charge in [-0.1, -0.05) is 0 Å². The summed E-state index contributed by atoms with van der Waals surface area (Å²) in [6.45, 7) is -0.0130. The number of methoxy groups -OCH3 is 1. The number of furan rings is 1. The van der Waals surface area contributed by atoms with Crippen molar-refractivity contribution in [3.8, 4) is 5.75 Å². The smallest absolute Gasteiger partial charge is 0.273 e. The quantitative estimate of drug-likeness (QED) is 0.367. The second-order valence-corrected chi connectivity index (χ2v) is 6.63. The van der Waals surface area contributed by atoms with Gasteiger partial charge in [-0.2, -0.15) is 0 Å². The molecule has 0 spiro atoms. The molecule has 31 heavy (non-hydrogen) atoms. The Morgan fingerprint density at radius 1 is 1.13 bits per heavy atom. The van der Waals surface area contributed by atoms with Crippen LogP contribution in [0.25, 0.3) is 0 Å². The summed E-state index contributed by atoms with van der Waals surface area (Å²) in [7, 11) is 1.32.